The van der Waals surface area contributed by atoms with Crippen LogP contribution >= 0.6 is 0 Å². The van der Waals surface area contributed by atoms with E-state index in [1.807, 2.05) is 0 Å². The Morgan fingerprint density at radius 3 is 2.53 bits per heavy atom. The third kappa shape index (κ3) is 4.57. The average molecular weight is 244 g/mol. The standard InChI is InChI=1S/C14H28O3/c1-10(2)12-6-5-11(3)7-13(12)17-9-14(4,16)8-15/h10-13,15-16H,5-9H2,1-4H3/t11-,12+,13-,14?/m1/s1. The van der Waals surface area contributed by atoms with Crippen LogP contribution in [0.1, 0.15) is 47.0 Å². The lowest BCUT2D eigenvalue weighted by Crippen LogP contribution is -2.41. The maximum absolute atomic E-state index is 9.77. The fourth-order valence-corrected chi connectivity index (χ4v) is 2.64. The van der Waals surface area contributed by atoms with Crippen LogP contribution in [0.2, 0.25) is 0 Å². The predicted octanol–water partition coefficient (Wildman–Crippen LogP) is 2.21. The van der Waals surface area contributed by atoms with Crippen LogP contribution in [0, 0.1) is 17.8 Å². The van der Waals surface area contributed by atoms with Gasteiger partial charge in [0.05, 0.1) is 19.3 Å². The molecule has 1 rings (SSSR count). The molecule has 0 aromatic heterocycles. The summed E-state index contributed by atoms with van der Waals surface area (Å²) in [6.07, 6.45) is 3.80. The van der Waals surface area contributed by atoms with Gasteiger partial charge >= 0.3 is 0 Å². The largest absolute Gasteiger partial charge is 0.393 e. The summed E-state index contributed by atoms with van der Waals surface area (Å²) in [5.41, 5.74) is -1.11. The van der Waals surface area contributed by atoms with Crippen molar-refractivity contribution in [1.82, 2.24) is 0 Å². The van der Waals surface area contributed by atoms with E-state index < -0.39 is 5.60 Å². The van der Waals surface area contributed by atoms with E-state index in [0.717, 1.165) is 6.42 Å². The monoisotopic (exact) mass is 244 g/mol. The van der Waals surface area contributed by atoms with Crippen LogP contribution in [0.15, 0.2) is 0 Å². The maximum Gasteiger partial charge on any atom is 0.108 e. The Hall–Kier alpha value is -0.120. The molecule has 3 heteroatoms. The van der Waals surface area contributed by atoms with E-state index in [1.54, 1.807) is 6.92 Å². The van der Waals surface area contributed by atoms with Gasteiger partial charge in [0.25, 0.3) is 0 Å². The molecule has 0 aromatic carbocycles. The molecule has 1 fully saturated rings. The summed E-state index contributed by atoms with van der Waals surface area (Å²) in [6.45, 7) is 8.33. The van der Waals surface area contributed by atoms with Gasteiger partial charge in [-0.05, 0) is 37.5 Å². The second-order valence-corrected chi connectivity index (χ2v) is 6.33. The van der Waals surface area contributed by atoms with Crippen LogP contribution in [0.3, 0.4) is 0 Å². The highest BCUT2D eigenvalue weighted by Crippen LogP contribution is 2.35. The van der Waals surface area contributed by atoms with Crippen LogP contribution < -0.4 is 0 Å². The van der Waals surface area contributed by atoms with Gasteiger partial charge in [-0.1, -0.05) is 27.2 Å². The van der Waals surface area contributed by atoms with Gasteiger partial charge in [-0.3, -0.25) is 0 Å². The van der Waals surface area contributed by atoms with E-state index in [0.29, 0.717) is 17.8 Å². The molecule has 1 aliphatic carbocycles. The highest BCUT2D eigenvalue weighted by molar-refractivity contribution is 4.82. The molecule has 1 unspecified atom stereocenters. The van der Waals surface area contributed by atoms with Gasteiger partial charge in [0, 0.05) is 0 Å². The molecule has 0 aliphatic heterocycles. The minimum atomic E-state index is -1.11. The zero-order valence-electron chi connectivity index (χ0n) is 11.6. The zero-order chi connectivity index (χ0) is 13.1. The lowest BCUT2D eigenvalue weighted by atomic mass is 9.75. The second kappa shape index (κ2) is 6.17. The number of rotatable bonds is 5. The molecule has 0 heterocycles. The molecule has 1 saturated carbocycles. The smallest absolute Gasteiger partial charge is 0.108 e. The minimum absolute atomic E-state index is 0.226. The van der Waals surface area contributed by atoms with Gasteiger partial charge in [-0.2, -0.15) is 0 Å². The van der Waals surface area contributed by atoms with Crippen molar-refractivity contribution in [2.45, 2.75) is 58.7 Å². The van der Waals surface area contributed by atoms with E-state index in [9.17, 15) is 5.11 Å². The third-order valence-electron chi connectivity index (χ3n) is 3.91. The predicted molar refractivity (Wildman–Crippen MR) is 68.8 cm³/mol. The van der Waals surface area contributed by atoms with Crippen LogP contribution in [0.5, 0.6) is 0 Å². The van der Waals surface area contributed by atoms with E-state index in [1.165, 1.54) is 12.8 Å². The Balaban J connectivity index is 2.52. The second-order valence-electron chi connectivity index (χ2n) is 6.33. The van der Waals surface area contributed by atoms with Crippen molar-refractivity contribution >= 4 is 0 Å². The fraction of sp³-hybridized carbons (Fsp3) is 1.00. The number of hydrogen-bond acceptors (Lipinski definition) is 3. The number of aliphatic hydroxyl groups excluding tert-OH is 1. The normalized spacial score (nSPS) is 33.7. The molecule has 4 atom stereocenters. The van der Waals surface area contributed by atoms with Crippen molar-refractivity contribution in [2.24, 2.45) is 17.8 Å². The molecule has 0 bridgehead atoms. The number of ether oxygens (including phenoxy) is 1. The summed E-state index contributed by atoms with van der Waals surface area (Å²) in [4.78, 5) is 0. The van der Waals surface area contributed by atoms with E-state index >= 15 is 0 Å². The van der Waals surface area contributed by atoms with Gasteiger partial charge in [-0.25, -0.2) is 0 Å². The van der Waals surface area contributed by atoms with Gasteiger partial charge in [0.1, 0.15) is 5.60 Å². The maximum atomic E-state index is 9.77. The molecule has 102 valence electrons. The first-order chi connectivity index (χ1) is 7.85. The van der Waals surface area contributed by atoms with Crippen LogP contribution in [0.4, 0.5) is 0 Å². The average Bonchev–Trinajstić information content (AvgIpc) is 2.26. The Bertz CT molecular complexity index is 226. The van der Waals surface area contributed by atoms with Gasteiger partial charge in [-0.15, -0.1) is 0 Å². The summed E-state index contributed by atoms with van der Waals surface area (Å²) in [5.74, 6) is 1.90. The molecule has 0 amide bonds. The quantitative estimate of drug-likeness (QED) is 0.779. The Morgan fingerprint density at radius 1 is 1.35 bits per heavy atom. The third-order valence-corrected chi connectivity index (χ3v) is 3.91. The van der Waals surface area contributed by atoms with Gasteiger partial charge in [0.15, 0.2) is 0 Å². The van der Waals surface area contributed by atoms with Crippen molar-refractivity contribution < 1.29 is 14.9 Å². The molecule has 1 aliphatic rings. The Kier molecular flexibility index (Phi) is 5.42. The number of hydrogen-bond donors (Lipinski definition) is 2. The summed E-state index contributed by atoms with van der Waals surface area (Å²) >= 11 is 0. The molecule has 0 saturated heterocycles. The van der Waals surface area contributed by atoms with E-state index in [4.69, 9.17) is 9.84 Å². The van der Waals surface area contributed by atoms with E-state index in [-0.39, 0.29) is 19.3 Å². The molecule has 2 N–H and O–H groups in total. The first kappa shape index (κ1) is 14.9. The van der Waals surface area contributed by atoms with Crippen LogP contribution in [-0.2, 0) is 4.74 Å². The van der Waals surface area contributed by atoms with E-state index in [2.05, 4.69) is 20.8 Å². The van der Waals surface area contributed by atoms with Gasteiger partial charge < -0.3 is 14.9 Å². The summed E-state index contributed by atoms with van der Waals surface area (Å²) in [6, 6.07) is 0. The van der Waals surface area contributed by atoms with Gasteiger partial charge in [0.2, 0.25) is 0 Å². The van der Waals surface area contributed by atoms with Crippen molar-refractivity contribution in [2.75, 3.05) is 13.2 Å². The Labute approximate surface area is 105 Å². The SMILES string of the molecule is CC(C)[C@@H]1CC[C@@H](C)C[C@H]1OCC(C)(O)CO. The first-order valence-corrected chi connectivity index (χ1v) is 6.80. The van der Waals surface area contributed by atoms with Crippen LogP contribution in [0.25, 0.3) is 0 Å². The molecule has 0 aromatic rings. The lowest BCUT2D eigenvalue weighted by molar-refractivity contribution is -0.116. The molecule has 17 heavy (non-hydrogen) atoms. The molecule has 0 radical (unpaired) electrons. The molecular formula is C14H28O3. The fourth-order valence-electron chi connectivity index (χ4n) is 2.64. The summed E-state index contributed by atoms with van der Waals surface area (Å²) in [7, 11) is 0. The molecular weight excluding hydrogens is 216 g/mol. The van der Waals surface area contributed by atoms with Crippen molar-refractivity contribution in [3.8, 4) is 0 Å². The topological polar surface area (TPSA) is 49.7 Å². The van der Waals surface area contributed by atoms with Crippen molar-refractivity contribution in [3.05, 3.63) is 0 Å². The van der Waals surface area contributed by atoms with Crippen LogP contribution in [-0.4, -0.2) is 35.1 Å². The molecule has 3 nitrogen and oxygen atoms in total. The zero-order valence-corrected chi connectivity index (χ0v) is 11.6. The summed E-state index contributed by atoms with van der Waals surface area (Å²) in [5, 5.41) is 18.8. The van der Waals surface area contributed by atoms with Crippen molar-refractivity contribution in [3.63, 3.8) is 0 Å². The highest BCUT2D eigenvalue weighted by atomic mass is 16.5. The Morgan fingerprint density at radius 2 is 2.00 bits per heavy atom. The summed E-state index contributed by atoms with van der Waals surface area (Å²) < 4.78 is 5.87. The van der Waals surface area contributed by atoms with Crippen molar-refractivity contribution in [1.29, 1.82) is 0 Å². The lowest BCUT2D eigenvalue weighted by Gasteiger charge is -2.38. The number of aliphatic hydroxyl groups is 2. The minimum Gasteiger partial charge on any atom is -0.393 e. The first-order valence-electron chi connectivity index (χ1n) is 6.80. The molecule has 0 spiro atoms. The highest BCUT2D eigenvalue weighted by Gasteiger charge is 2.33.